The second kappa shape index (κ2) is 5.91. The Hall–Kier alpha value is -2.49. The molecule has 1 aliphatic heterocycles. The third-order valence-corrected chi connectivity index (χ3v) is 2.83. The van der Waals surface area contributed by atoms with Crippen LogP contribution < -0.4 is 0 Å². The minimum absolute atomic E-state index is 0.246. The van der Waals surface area contributed by atoms with Gasteiger partial charge in [-0.1, -0.05) is 6.07 Å². The zero-order valence-electron chi connectivity index (χ0n) is 10.3. The second-order valence-electron chi connectivity index (χ2n) is 4.23. The molecule has 0 N–H and O–H groups in total. The molecule has 0 aliphatic carbocycles. The molecule has 0 atom stereocenters. The van der Waals surface area contributed by atoms with Crippen LogP contribution in [0.2, 0.25) is 0 Å². The van der Waals surface area contributed by atoms with E-state index in [0.29, 0.717) is 24.6 Å². The van der Waals surface area contributed by atoms with E-state index in [2.05, 4.69) is 9.98 Å². The first-order chi connectivity index (χ1) is 9.19. The van der Waals surface area contributed by atoms with Gasteiger partial charge in [0, 0.05) is 30.8 Å². The molecule has 0 saturated carbocycles. The van der Waals surface area contributed by atoms with E-state index in [1.54, 1.807) is 12.3 Å². The van der Waals surface area contributed by atoms with Crippen molar-refractivity contribution < 1.29 is 4.92 Å². The van der Waals surface area contributed by atoms with Gasteiger partial charge in [-0.25, -0.2) is 4.98 Å². The van der Waals surface area contributed by atoms with Crippen LogP contribution in [-0.4, -0.2) is 40.3 Å². The molecule has 98 valence electrons. The molecule has 0 aromatic carbocycles. The summed E-state index contributed by atoms with van der Waals surface area (Å²) in [6.07, 6.45) is 2.52. The van der Waals surface area contributed by atoms with Crippen LogP contribution in [-0.2, 0) is 6.54 Å². The van der Waals surface area contributed by atoms with Gasteiger partial charge >= 0.3 is 0 Å². The SMILES string of the molecule is N#Cc1ccc(CN2CCCN=C2C[N+](=O)[O-])cn1. The van der Waals surface area contributed by atoms with Gasteiger partial charge in [-0.05, 0) is 18.1 Å². The molecular weight excluding hydrogens is 246 g/mol. The van der Waals surface area contributed by atoms with Gasteiger partial charge < -0.3 is 4.90 Å². The van der Waals surface area contributed by atoms with Crippen molar-refractivity contribution in [3.8, 4) is 6.07 Å². The van der Waals surface area contributed by atoms with E-state index < -0.39 is 0 Å². The number of nitrogens with zero attached hydrogens (tertiary/aromatic N) is 5. The van der Waals surface area contributed by atoms with Gasteiger partial charge in [-0.15, -0.1) is 0 Å². The Morgan fingerprint density at radius 1 is 1.53 bits per heavy atom. The Morgan fingerprint density at radius 2 is 2.37 bits per heavy atom. The van der Waals surface area contributed by atoms with Crippen LogP contribution in [0.15, 0.2) is 23.3 Å². The predicted octanol–water partition coefficient (Wildman–Crippen LogP) is 0.834. The molecule has 2 heterocycles. The third-order valence-electron chi connectivity index (χ3n) is 2.83. The standard InChI is InChI=1S/C12H13N5O2/c13-6-11-3-2-10(7-15-11)8-16-5-1-4-14-12(16)9-17(18)19/h2-3,7H,1,4-5,8-9H2. The second-order valence-corrected chi connectivity index (χ2v) is 4.23. The number of aliphatic imine (C=N–C) groups is 1. The molecule has 1 aromatic rings. The molecule has 1 aromatic heterocycles. The fraction of sp³-hybridized carbons (Fsp3) is 0.417. The summed E-state index contributed by atoms with van der Waals surface area (Å²) in [5.41, 5.74) is 1.28. The average molecular weight is 259 g/mol. The fourth-order valence-electron chi connectivity index (χ4n) is 1.94. The zero-order chi connectivity index (χ0) is 13.7. The van der Waals surface area contributed by atoms with E-state index in [4.69, 9.17) is 5.26 Å². The smallest absolute Gasteiger partial charge is 0.260 e. The van der Waals surface area contributed by atoms with Crippen molar-refractivity contribution in [1.29, 1.82) is 5.26 Å². The van der Waals surface area contributed by atoms with Crippen LogP contribution in [0.1, 0.15) is 17.7 Å². The van der Waals surface area contributed by atoms with Gasteiger partial charge in [0.2, 0.25) is 0 Å². The Kier molecular flexibility index (Phi) is 4.03. The highest BCUT2D eigenvalue weighted by atomic mass is 16.6. The normalized spacial score (nSPS) is 14.7. The van der Waals surface area contributed by atoms with Gasteiger partial charge in [0.15, 0.2) is 5.84 Å². The maximum atomic E-state index is 10.6. The van der Waals surface area contributed by atoms with Crippen molar-refractivity contribution in [1.82, 2.24) is 9.88 Å². The first kappa shape index (κ1) is 13.0. The van der Waals surface area contributed by atoms with Crippen molar-refractivity contribution in [2.45, 2.75) is 13.0 Å². The molecule has 0 amide bonds. The summed E-state index contributed by atoms with van der Waals surface area (Å²) in [6, 6.07) is 5.41. The van der Waals surface area contributed by atoms with Crippen molar-refractivity contribution in [2.75, 3.05) is 19.6 Å². The largest absolute Gasteiger partial charge is 0.350 e. The van der Waals surface area contributed by atoms with E-state index >= 15 is 0 Å². The van der Waals surface area contributed by atoms with Crippen LogP contribution in [0.25, 0.3) is 0 Å². The molecule has 7 heteroatoms. The van der Waals surface area contributed by atoms with Crippen LogP contribution >= 0.6 is 0 Å². The molecule has 0 spiro atoms. The number of hydrogen-bond donors (Lipinski definition) is 0. The number of nitro groups is 1. The topological polar surface area (TPSA) is 95.4 Å². The van der Waals surface area contributed by atoms with Crippen LogP contribution in [0.3, 0.4) is 0 Å². The van der Waals surface area contributed by atoms with E-state index in [1.807, 2.05) is 17.0 Å². The lowest BCUT2D eigenvalue weighted by molar-refractivity contribution is -0.464. The lowest BCUT2D eigenvalue weighted by Crippen LogP contribution is -2.39. The molecule has 0 unspecified atom stereocenters. The zero-order valence-corrected chi connectivity index (χ0v) is 10.3. The van der Waals surface area contributed by atoms with Crippen molar-refractivity contribution in [2.24, 2.45) is 4.99 Å². The minimum Gasteiger partial charge on any atom is -0.350 e. The quantitative estimate of drug-likeness (QED) is 0.589. The summed E-state index contributed by atoms with van der Waals surface area (Å²) in [6.45, 7) is 1.69. The summed E-state index contributed by atoms with van der Waals surface area (Å²) >= 11 is 0. The molecule has 2 rings (SSSR count). The van der Waals surface area contributed by atoms with Gasteiger partial charge in [0.05, 0.1) is 0 Å². The van der Waals surface area contributed by atoms with Crippen LogP contribution in [0.5, 0.6) is 0 Å². The monoisotopic (exact) mass is 259 g/mol. The van der Waals surface area contributed by atoms with Gasteiger partial charge in [-0.3, -0.25) is 15.1 Å². The fourth-order valence-corrected chi connectivity index (χ4v) is 1.94. The molecular formula is C12H13N5O2. The molecule has 0 saturated heterocycles. The highest BCUT2D eigenvalue weighted by molar-refractivity contribution is 5.83. The Morgan fingerprint density at radius 3 is 3.00 bits per heavy atom. The molecule has 0 radical (unpaired) electrons. The lowest BCUT2D eigenvalue weighted by atomic mass is 10.2. The van der Waals surface area contributed by atoms with Gasteiger partial charge in [0.25, 0.3) is 6.54 Å². The number of rotatable bonds is 4. The highest BCUT2D eigenvalue weighted by Crippen LogP contribution is 2.10. The Labute approximate surface area is 110 Å². The van der Waals surface area contributed by atoms with E-state index in [-0.39, 0.29) is 11.5 Å². The van der Waals surface area contributed by atoms with E-state index in [1.165, 1.54) is 0 Å². The van der Waals surface area contributed by atoms with Crippen molar-refractivity contribution in [3.05, 3.63) is 39.7 Å². The van der Waals surface area contributed by atoms with E-state index in [9.17, 15) is 10.1 Å². The van der Waals surface area contributed by atoms with Gasteiger partial charge in [-0.2, -0.15) is 5.26 Å². The maximum Gasteiger partial charge on any atom is 0.260 e. The summed E-state index contributed by atoms with van der Waals surface area (Å²) in [4.78, 5) is 20.3. The van der Waals surface area contributed by atoms with Crippen LogP contribution in [0.4, 0.5) is 0 Å². The number of aromatic nitrogens is 1. The maximum absolute atomic E-state index is 10.6. The first-order valence-electron chi connectivity index (χ1n) is 5.94. The highest BCUT2D eigenvalue weighted by Gasteiger charge is 2.19. The summed E-state index contributed by atoms with van der Waals surface area (Å²) in [5, 5.41) is 19.3. The summed E-state index contributed by atoms with van der Waals surface area (Å²) in [5.74, 6) is 0.514. The number of amidine groups is 1. The molecule has 1 aliphatic rings. The molecule has 0 fully saturated rings. The van der Waals surface area contributed by atoms with Crippen molar-refractivity contribution in [3.63, 3.8) is 0 Å². The average Bonchev–Trinajstić information content (AvgIpc) is 2.41. The van der Waals surface area contributed by atoms with Crippen LogP contribution in [0, 0.1) is 21.4 Å². The summed E-state index contributed by atoms with van der Waals surface area (Å²) < 4.78 is 0. The number of nitriles is 1. The minimum atomic E-state index is -0.367. The summed E-state index contributed by atoms with van der Waals surface area (Å²) in [7, 11) is 0. The third kappa shape index (κ3) is 3.48. The lowest BCUT2D eigenvalue weighted by Gasteiger charge is -2.27. The Bertz CT molecular complexity index is 532. The molecule has 7 nitrogen and oxygen atoms in total. The molecule has 0 bridgehead atoms. The predicted molar refractivity (Wildman–Crippen MR) is 68.1 cm³/mol. The molecule has 19 heavy (non-hydrogen) atoms. The van der Waals surface area contributed by atoms with Crippen molar-refractivity contribution >= 4 is 5.84 Å². The number of pyridine rings is 1. The Balaban J connectivity index is 2.07. The van der Waals surface area contributed by atoms with E-state index in [0.717, 1.165) is 18.5 Å². The van der Waals surface area contributed by atoms with Gasteiger partial charge in [0.1, 0.15) is 11.8 Å². The number of hydrogen-bond acceptors (Lipinski definition) is 6. The first-order valence-corrected chi connectivity index (χ1v) is 5.94.